The molecule has 6 nitrogen and oxygen atoms in total. The Bertz CT molecular complexity index is 282. The molecule has 6 heteroatoms. The van der Waals surface area contributed by atoms with E-state index in [9.17, 15) is 4.79 Å². The van der Waals surface area contributed by atoms with E-state index in [0.717, 1.165) is 32.8 Å². The van der Waals surface area contributed by atoms with Gasteiger partial charge in [-0.3, -0.25) is 9.69 Å². The first-order valence-corrected chi connectivity index (χ1v) is 7.19. The van der Waals surface area contributed by atoms with E-state index in [4.69, 9.17) is 9.47 Å². The molecule has 110 valence electrons. The maximum absolute atomic E-state index is 11.9. The zero-order valence-corrected chi connectivity index (χ0v) is 11.8. The lowest BCUT2D eigenvalue weighted by Crippen LogP contribution is -2.49. The zero-order valence-electron chi connectivity index (χ0n) is 11.8. The fourth-order valence-corrected chi connectivity index (χ4v) is 2.46. The van der Waals surface area contributed by atoms with Crippen LogP contribution >= 0.6 is 0 Å². The third-order valence-electron chi connectivity index (χ3n) is 3.68. The van der Waals surface area contributed by atoms with Crippen LogP contribution in [-0.4, -0.2) is 87.4 Å². The predicted molar refractivity (Wildman–Crippen MR) is 72.1 cm³/mol. The lowest BCUT2D eigenvalue weighted by atomic mass is 10.2. The number of likely N-dealkylation sites (N-methyl/N-ethyl adjacent to an activating group) is 1. The van der Waals surface area contributed by atoms with Crippen LogP contribution in [0.25, 0.3) is 0 Å². The summed E-state index contributed by atoms with van der Waals surface area (Å²) in [5, 5.41) is 3.21. The smallest absolute Gasteiger partial charge is 0.236 e. The van der Waals surface area contributed by atoms with Crippen molar-refractivity contribution in [2.24, 2.45) is 0 Å². The molecule has 0 spiro atoms. The lowest BCUT2D eigenvalue weighted by Gasteiger charge is -2.32. The number of carbonyl (C=O) groups is 1. The zero-order chi connectivity index (χ0) is 13.5. The molecule has 2 aliphatic heterocycles. The summed E-state index contributed by atoms with van der Waals surface area (Å²) >= 11 is 0. The molecule has 1 N–H and O–H groups in total. The van der Waals surface area contributed by atoms with Crippen molar-refractivity contribution in [3.8, 4) is 0 Å². The molecule has 2 saturated heterocycles. The molecule has 2 heterocycles. The standard InChI is InChI=1S/C13H25N3O3/c1-2-15-3-8-19-12(11-15)9-14-10-13(17)16-4-6-18-7-5-16/h12,14H,2-11H2,1H3. The van der Waals surface area contributed by atoms with Gasteiger partial charge in [0.05, 0.1) is 32.5 Å². The van der Waals surface area contributed by atoms with Crippen LogP contribution < -0.4 is 5.32 Å². The van der Waals surface area contributed by atoms with Gasteiger partial charge in [-0.25, -0.2) is 0 Å². The second kappa shape index (κ2) is 7.79. The van der Waals surface area contributed by atoms with Crippen molar-refractivity contribution in [1.29, 1.82) is 0 Å². The van der Waals surface area contributed by atoms with Crippen LogP contribution in [0.4, 0.5) is 0 Å². The number of rotatable bonds is 5. The number of morpholine rings is 2. The van der Waals surface area contributed by atoms with Crippen molar-refractivity contribution in [2.75, 3.05) is 65.6 Å². The van der Waals surface area contributed by atoms with Gasteiger partial charge < -0.3 is 19.7 Å². The molecule has 1 atom stereocenters. The monoisotopic (exact) mass is 271 g/mol. The number of carbonyl (C=O) groups excluding carboxylic acids is 1. The van der Waals surface area contributed by atoms with Crippen LogP contribution in [0.15, 0.2) is 0 Å². The molecule has 0 aliphatic carbocycles. The summed E-state index contributed by atoms with van der Waals surface area (Å²) in [5.41, 5.74) is 0. The van der Waals surface area contributed by atoms with Crippen molar-refractivity contribution >= 4 is 5.91 Å². The molecular weight excluding hydrogens is 246 g/mol. The number of hydrogen-bond acceptors (Lipinski definition) is 5. The van der Waals surface area contributed by atoms with Gasteiger partial charge >= 0.3 is 0 Å². The number of nitrogens with zero attached hydrogens (tertiary/aromatic N) is 2. The average Bonchev–Trinajstić information content (AvgIpc) is 2.48. The quantitative estimate of drug-likeness (QED) is 0.706. The van der Waals surface area contributed by atoms with Gasteiger partial charge in [0.15, 0.2) is 0 Å². The summed E-state index contributed by atoms with van der Waals surface area (Å²) in [5.74, 6) is 0.159. The second-order valence-corrected chi connectivity index (χ2v) is 5.01. The molecule has 0 saturated carbocycles. The van der Waals surface area contributed by atoms with Gasteiger partial charge in [0.1, 0.15) is 0 Å². The van der Waals surface area contributed by atoms with Crippen LogP contribution in [0.3, 0.4) is 0 Å². The Morgan fingerprint density at radius 3 is 2.79 bits per heavy atom. The van der Waals surface area contributed by atoms with Crippen LogP contribution in [0, 0.1) is 0 Å². The molecule has 0 aromatic carbocycles. The molecule has 19 heavy (non-hydrogen) atoms. The normalized spacial score (nSPS) is 25.5. The van der Waals surface area contributed by atoms with Gasteiger partial charge in [-0.2, -0.15) is 0 Å². The van der Waals surface area contributed by atoms with E-state index < -0.39 is 0 Å². The highest BCUT2D eigenvalue weighted by molar-refractivity contribution is 5.78. The van der Waals surface area contributed by atoms with Crippen molar-refractivity contribution in [3.63, 3.8) is 0 Å². The molecule has 0 bridgehead atoms. The van der Waals surface area contributed by atoms with Crippen molar-refractivity contribution in [2.45, 2.75) is 13.0 Å². The highest BCUT2D eigenvalue weighted by Crippen LogP contribution is 2.03. The van der Waals surface area contributed by atoms with Gasteiger partial charge in [-0.15, -0.1) is 0 Å². The van der Waals surface area contributed by atoms with Gasteiger partial charge in [0.25, 0.3) is 0 Å². The Morgan fingerprint density at radius 2 is 2.05 bits per heavy atom. The van der Waals surface area contributed by atoms with E-state index in [2.05, 4.69) is 17.1 Å². The Kier molecular flexibility index (Phi) is 6.03. The molecule has 2 aliphatic rings. The Labute approximate surface area is 115 Å². The first-order valence-electron chi connectivity index (χ1n) is 7.19. The molecule has 1 amide bonds. The van der Waals surface area contributed by atoms with Gasteiger partial charge in [0.2, 0.25) is 5.91 Å². The third kappa shape index (κ3) is 4.72. The van der Waals surface area contributed by atoms with Crippen LogP contribution in [0.1, 0.15) is 6.92 Å². The second-order valence-electron chi connectivity index (χ2n) is 5.01. The van der Waals surface area contributed by atoms with E-state index in [0.29, 0.717) is 32.8 Å². The molecular formula is C13H25N3O3. The summed E-state index contributed by atoms with van der Waals surface area (Å²) in [6, 6.07) is 0. The third-order valence-corrected chi connectivity index (χ3v) is 3.68. The highest BCUT2D eigenvalue weighted by Gasteiger charge is 2.20. The fraction of sp³-hybridized carbons (Fsp3) is 0.923. The van der Waals surface area contributed by atoms with Crippen molar-refractivity contribution in [3.05, 3.63) is 0 Å². The summed E-state index contributed by atoms with van der Waals surface area (Å²) in [6.07, 6.45) is 0.200. The predicted octanol–water partition coefficient (Wildman–Crippen LogP) is -0.844. The SMILES string of the molecule is CCN1CCOC(CNCC(=O)N2CCOCC2)C1. The minimum Gasteiger partial charge on any atom is -0.378 e. The minimum atomic E-state index is 0.159. The summed E-state index contributed by atoms with van der Waals surface area (Å²) in [7, 11) is 0. The number of nitrogens with one attached hydrogen (secondary N) is 1. The number of ether oxygens (including phenoxy) is 2. The molecule has 1 unspecified atom stereocenters. The Hall–Kier alpha value is -0.690. The van der Waals surface area contributed by atoms with E-state index >= 15 is 0 Å². The Balaban J connectivity index is 1.61. The number of hydrogen-bond donors (Lipinski definition) is 1. The maximum atomic E-state index is 11.9. The van der Waals surface area contributed by atoms with Gasteiger partial charge in [-0.1, -0.05) is 6.92 Å². The van der Waals surface area contributed by atoms with E-state index in [-0.39, 0.29) is 12.0 Å². The highest BCUT2D eigenvalue weighted by atomic mass is 16.5. The lowest BCUT2D eigenvalue weighted by molar-refractivity contribution is -0.134. The van der Waals surface area contributed by atoms with Crippen molar-refractivity contribution < 1.29 is 14.3 Å². The first-order chi connectivity index (χ1) is 9.29. The van der Waals surface area contributed by atoms with Crippen LogP contribution in [0.2, 0.25) is 0 Å². The van der Waals surface area contributed by atoms with Gasteiger partial charge in [0, 0.05) is 32.7 Å². The first kappa shape index (κ1) is 14.7. The minimum absolute atomic E-state index is 0.159. The topological polar surface area (TPSA) is 54.0 Å². The fourth-order valence-electron chi connectivity index (χ4n) is 2.46. The molecule has 0 aromatic rings. The maximum Gasteiger partial charge on any atom is 0.236 e. The average molecular weight is 271 g/mol. The Morgan fingerprint density at radius 1 is 1.26 bits per heavy atom. The number of amides is 1. The molecule has 0 radical (unpaired) electrons. The van der Waals surface area contributed by atoms with E-state index in [1.165, 1.54) is 0 Å². The summed E-state index contributed by atoms with van der Waals surface area (Å²) in [4.78, 5) is 16.1. The van der Waals surface area contributed by atoms with Gasteiger partial charge in [-0.05, 0) is 6.54 Å². The van der Waals surface area contributed by atoms with Crippen molar-refractivity contribution in [1.82, 2.24) is 15.1 Å². The summed E-state index contributed by atoms with van der Waals surface area (Å²) < 4.78 is 10.9. The summed E-state index contributed by atoms with van der Waals surface area (Å²) in [6.45, 7) is 9.86. The van der Waals surface area contributed by atoms with Crippen LogP contribution in [-0.2, 0) is 14.3 Å². The van der Waals surface area contributed by atoms with E-state index in [1.807, 2.05) is 4.90 Å². The molecule has 0 aromatic heterocycles. The van der Waals surface area contributed by atoms with Crippen LogP contribution in [0.5, 0.6) is 0 Å². The molecule has 2 rings (SSSR count). The molecule has 2 fully saturated rings. The van der Waals surface area contributed by atoms with E-state index in [1.54, 1.807) is 0 Å². The largest absolute Gasteiger partial charge is 0.378 e.